The molecule has 0 aliphatic rings. The van der Waals surface area contributed by atoms with Crippen molar-refractivity contribution < 1.29 is 4.42 Å². The molecule has 0 aliphatic carbocycles. The number of fused-ring (bicyclic) bond motifs is 1. The van der Waals surface area contributed by atoms with E-state index in [-0.39, 0.29) is 5.89 Å². The van der Waals surface area contributed by atoms with Crippen LogP contribution >= 0.6 is 0 Å². The second kappa shape index (κ2) is 4.49. The Labute approximate surface area is 109 Å². The average Bonchev–Trinajstić information content (AvgIpc) is 2.47. The SMILES string of the molecule is C=C(c1ccccn1)c1nc2ccccc2c(=O)o1. The van der Waals surface area contributed by atoms with Crippen molar-refractivity contribution in [3.63, 3.8) is 0 Å². The number of aromatic nitrogens is 2. The summed E-state index contributed by atoms with van der Waals surface area (Å²) in [6.45, 7) is 3.89. The molecular weight excluding hydrogens is 240 g/mol. The van der Waals surface area contributed by atoms with Gasteiger partial charge in [-0.25, -0.2) is 9.78 Å². The third-order valence-electron chi connectivity index (χ3n) is 2.77. The first-order valence-corrected chi connectivity index (χ1v) is 5.76. The molecule has 0 amide bonds. The predicted molar refractivity (Wildman–Crippen MR) is 72.7 cm³/mol. The predicted octanol–water partition coefficient (Wildman–Crippen LogP) is 2.64. The third-order valence-corrected chi connectivity index (χ3v) is 2.77. The van der Waals surface area contributed by atoms with E-state index in [0.29, 0.717) is 22.2 Å². The standard InChI is InChI=1S/C15H10N2O2/c1-10(12-7-4-5-9-16-12)14-17-13-8-3-2-6-11(13)15(18)19-14/h2-9H,1H2. The number of nitrogens with zero attached hydrogens (tertiary/aromatic N) is 2. The molecular formula is C15H10N2O2. The van der Waals surface area contributed by atoms with E-state index in [1.165, 1.54) is 0 Å². The van der Waals surface area contributed by atoms with Gasteiger partial charge in [-0.15, -0.1) is 0 Å². The maximum atomic E-state index is 11.9. The quantitative estimate of drug-likeness (QED) is 0.701. The van der Waals surface area contributed by atoms with Crippen LogP contribution < -0.4 is 5.63 Å². The number of pyridine rings is 1. The van der Waals surface area contributed by atoms with Gasteiger partial charge in [-0.1, -0.05) is 24.8 Å². The van der Waals surface area contributed by atoms with Gasteiger partial charge >= 0.3 is 5.63 Å². The van der Waals surface area contributed by atoms with E-state index in [1.54, 1.807) is 36.5 Å². The fourth-order valence-electron chi connectivity index (χ4n) is 1.80. The van der Waals surface area contributed by atoms with Crippen LogP contribution in [0.1, 0.15) is 11.6 Å². The van der Waals surface area contributed by atoms with E-state index >= 15 is 0 Å². The lowest BCUT2D eigenvalue weighted by molar-refractivity contribution is 0.487. The summed E-state index contributed by atoms with van der Waals surface area (Å²) in [7, 11) is 0. The summed E-state index contributed by atoms with van der Waals surface area (Å²) >= 11 is 0. The number of hydrogen-bond donors (Lipinski definition) is 0. The van der Waals surface area contributed by atoms with Crippen molar-refractivity contribution in [1.82, 2.24) is 9.97 Å². The first-order chi connectivity index (χ1) is 9.25. The summed E-state index contributed by atoms with van der Waals surface area (Å²) in [6, 6.07) is 12.5. The summed E-state index contributed by atoms with van der Waals surface area (Å²) in [5, 5.41) is 0.458. The molecule has 92 valence electrons. The van der Waals surface area contributed by atoms with E-state index in [4.69, 9.17) is 4.42 Å². The number of para-hydroxylation sites is 1. The van der Waals surface area contributed by atoms with Gasteiger partial charge in [-0.3, -0.25) is 4.98 Å². The Morgan fingerprint density at radius 2 is 1.89 bits per heavy atom. The number of benzene rings is 1. The smallest absolute Gasteiger partial charge is 0.347 e. The highest BCUT2D eigenvalue weighted by Crippen LogP contribution is 2.18. The lowest BCUT2D eigenvalue weighted by Crippen LogP contribution is -2.05. The number of rotatable bonds is 2. The number of hydrogen-bond acceptors (Lipinski definition) is 4. The molecule has 0 spiro atoms. The van der Waals surface area contributed by atoms with Crippen LogP contribution in [0.2, 0.25) is 0 Å². The van der Waals surface area contributed by atoms with E-state index in [0.717, 1.165) is 0 Å². The molecule has 19 heavy (non-hydrogen) atoms. The van der Waals surface area contributed by atoms with Gasteiger partial charge in [0, 0.05) is 6.20 Å². The van der Waals surface area contributed by atoms with E-state index in [9.17, 15) is 4.79 Å². The van der Waals surface area contributed by atoms with Gasteiger partial charge in [0.1, 0.15) is 0 Å². The molecule has 4 nitrogen and oxygen atoms in total. The summed E-state index contributed by atoms with van der Waals surface area (Å²) in [6.07, 6.45) is 1.65. The topological polar surface area (TPSA) is 56.0 Å². The van der Waals surface area contributed by atoms with Crippen molar-refractivity contribution in [2.24, 2.45) is 0 Å². The van der Waals surface area contributed by atoms with Crippen molar-refractivity contribution >= 4 is 16.5 Å². The molecule has 2 heterocycles. The van der Waals surface area contributed by atoms with Gasteiger partial charge in [0.2, 0.25) is 5.89 Å². The normalized spacial score (nSPS) is 10.5. The highest BCUT2D eigenvalue weighted by Gasteiger charge is 2.11. The Kier molecular flexibility index (Phi) is 2.68. The molecule has 0 unspecified atom stereocenters. The third kappa shape index (κ3) is 2.04. The highest BCUT2D eigenvalue weighted by atomic mass is 16.4. The summed E-state index contributed by atoms with van der Waals surface area (Å²) in [4.78, 5) is 20.3. The molecule has 3 rings (SSSR count). The summed E-state index contributed by atoms with van der Waals surface area (Å²) in [5.41, 5.74) is 1.29. The van der Waals surface area contributed by atoms with Crippen LogP contribution in [0, 0.1) is 0 Å². The van der Waals surface area contributed by atoms with Crippen LogP contribution in [0.4, 0.5) is 0 Å². The molecule has 0 N–H and O–H groups in total. The fraction of sp³-hybridized carbons (Fsp3) is 0. The first-order valence-electron chi connectivity index (χ1n) is 5.76. The molecule has 0 saturated heterocycles. The Balaban J connectivity index is 2.17. The first kappa shape index (κ1) is 11.3. The molecule has 0 radical (unpaired) electrons. The van der Waals surface area contributed by atoms with Crippen molar-refractivity contribution in [2.75, 3.05) is 0 Å². The van der Waals surface area contributed by atoms with Crippen molar-refractivity contribution in [3.05, 3.63) is 77.2 Å². The van der Waals surface area contributed by atoms with E-state index in [1.807, 2.05) is 12.1 Å². The Bertz CT molecular complexity index is 807. The van der Waals surface area contributed by atoms with Crippen LogP contribution in [0.25, 0.3) is 16.5 Å². The van der Waals surface area contributed by atoms with E-state index in [2.05, 4.69) is 16.5 Å². The van der Waals surface area contributed by atoms with Crippen LogP contribution in [-0.2, 0) is 0 Å². The maximum Gasteiger partial charge on any atom is 0.347 e. The summed E-state index contributed by atoms with van der Waals surface area (Å²) in [5.74, 6) is 0.197. The highest BCUT2D eigenvalue weighted by molar-refractivity contribution is 5.79. The Morgan fingerprint density at radius 3 is 2.68 bits per heavy atom. The second-order valence-electron chi connectivity index (χ2n) is 4.02. The minimum Gasteiger partial charge on any atom is -0.403 e. The van der Waals surface area contributed by atoms with Gasteiger partial charge in [0.15, 0.2) is 0 Å². The molecule has 0 aliphatic heterocycles. The van der Waals surface area contributed by atoms with Crippen LogP contribution in [0.3, 0.4) is 0 Å². The van der Waals surface area contributed by atoms with Gasteiger partial charge in [-0.05, 0) is 24.3 Å². The van der Waals surface area contributed by atoms with Gasteiger partial charge < -0.3 is 4.42 Å². The monoisotopic (exact) mass is 250 g/mol. The van der Waals surface area contributed by atoms with Gasteiger partial charge in [0.05, 0.1) is 22.2 Å². The van der Waals surface area contributed by atoms with Crippen molar-refractivity contribution in [2.45, 2.75) is 0 Å². The minimum absolute atomic E-state index is 0.197. The zero-order chi connectivity index (χ0) is 13.2. The Hall–Kier alpha value is -2.75. The molecule has 1 aromatic carbocycles. The zero-order valence-corrected chi connectivity index (χ0v) is 10.0. The molecule has 3 aromatic rings. The second-order valence-corrected chi connectivity index (χ2v) is 4.02. The summed E-state index contributed by atoms with van der Waals surface area (Å²) < 4.78 is 5.20. The minimum atomic E-state index is -0.419. The molecule has 2 aromatic heterocycles. The Morgan fingerprint density at radius 1 is 1.11 bits per heavy atom. The average molecular weight is 250 g/mol. The maximum absolute atomic E-state index is 11.9. The van der Waals surface area contributed by atoms with Gasteiger partial charge in [0.25, 0.3) is 0 Å². The van der Waals surface area contributed by atoms with E-state index < -0.39 is 5.63 Å². The molecule has 0 fully saturated rings. The fourth-order valence-corrected chi connectivity index (χ4v) is 1.80. The van der Waals surface area contributed by atoms with Crippen molar-refractivity contribution in [3.8, 4) is 0 Å². The van der Waals surface area contributed by atoms with Gasteiger partial charge in [-0.2, -0.15) is 0 Å². The molecule has 4 heteroatoms. The van der Waals surface area contributed by atoms with Crippen LogP contribution in [0.5, 0.6) is 0 Å². The molecule has 0 saturated carbocycles. The molecule has 0 atom stereocenters. The lowest BCUT2D eigenvalue weighted by Gasteiger charge is -2.03. The van der Waals surface area contributed by atoms with Crippen LogP contribution in [0.15, 0.2) is 64.5 Å². The van der Waals surface area contributed by atoms with Crippen molar-refractivity contribution in [1.29, 1.82) is 0 Å². The molecule has 0 bridgehead atoms. The largest absolute Gasteiger partial charge is 0.403 e. The van der Waals surface area contributed by atoms with Crippen LogP contribution in [-0.4, -0.2) is 9.97 Å². The lowest BCUT2D eigenvalue weighted by atomic mass is 10.2. The zero-order valence-electron chi connectivity index (χ0n) is 10.0.